The summed E-state index contributed by atoms with van der Waals surface area (Å²) in [5, 5.41) is 6.51. The van der Waals surface area contributed by atoms with E-state index < -0.39 is 0 Å². The Labute approximate surface area is 201 Å². The van der Waals surface area contributed by atoms with Crippen LogP contribution in [-0.2, 0) is 16.1 Å². The van der Waals surface area contributed by atoms with E-state index >= 15 is 0 Å². The predicted molar refractivity (Wildman–Crippen MR) is 131 cm³/mol. The number of benzene rings is 1. The Kier molecular flexibility index (Phi) is 12.1. The highest BCUT2D eigenvalue weighted by Crippen LogP contribution is 2.13. The van der Waals surface area contributed by atoms with Crippen molar-refractivity contribution in [2.45, 2.75) is 32.4 Å². The summed E-state index contributed by atoms with van der Waals surface area (Å²) in [7, 11) is 5.07. The molecule has 1 aromatic rings. The van der Waals surface area contributed by atoms with Crippen molar-refractivity contribution in [3.8, 4) is 5.75 Å². The number of ether oxygens (including phenoxy) is 2. The summed E-state index contributed by atoms with van der Waals surface area (Å²) >= 11 is 0. The van der Waals surface area contributed by atoms with Gasteiger partial charge in [-0.1, -0.05) is 12.1 Å². The molecule has 1 heterocycles. The van der Waals surface area contributed by atoms with Crippen LogP contribution in [0, 0.1) is 0 Å². The first kappa shape index (κ1) is 26.8. The molecule has 2 rings (SSSR count). The quantitative estimate of drug-likeness (QED) is 0.309. The van der Waals surface area contributed by atoms with Crippen molar-refractivity contribution in [3.63, 3.8) is 0 Å². The first-order valence-electron chi connectivity index (χ1n) is 10.2. The summed E-state index contributed by atoms with van der Waals surface area (Å²) in [6, 6.07) is 7.87. The number of nitrogens with one attached hydrogen (secondary N) is 2. The number of amides is 2. The second kappa shape index (κ2) is 13.9. The minimum Gasteiger partial charge on any atom is -0.497 e. The lowest BCUT2D eigenvalue weighted by Crippen LogP contribution is -2.51. The molecule has 0 unspecified atom stereocenters. The number of rotatable bonds is 7. The highest BCUT2D eigenvalue weighted by Gasteiger charge is 2.24. The van der Waals surface area contributed by atoms with E-state index in [-0.39, 0.29) is 48.6 Å². The molecule has 1 aromatic carbocycles. The van der Waals surface area contributed by atoms with Gasteiger partial charge in [-0.3, -0.25) is 4.79 Å². The number of guanidine groups is 1. The molecule has 1 saturated heterocycles. The second-order valence-corrected chi connectivity index (χ2v) is 7.26. The number of halogens is 1. The predicted octanol–water partition coefficient (Wildman–Crippen LogP) is 2.06. The van der Waals surface area contributed by atoms with Gasteiger partial charge in [0.1, 0.15) is 5.75 Å². The largest absolute Gasteiger partial charge is 0.497 e. The number of hydrogen-bond donors (Lipinski definition) is 2. The average Bonchev–Trinajstić information content (AvgIpc) is 2.76. The molecule has 1 aliphatic rings. The maximum Gasteiger partial charge on any atom is 0.409 e. The Balaban J connectivity index is 0.00000480. The monoisotopic (exact) mass is 547 g/mol. The van der Waals surface area contributed by atoms with E-state index in [1.165, 1.54) is 4.90 Å². The standard InChI is InChI=1S/C21H33N5O4.HI/c1-5-30-21(28)26-12-10-17(11-13-26)24-20(23-15-19(27)25(2)3)22-14-16-6-8-18(29-4)9-7-16;/h6-9,17H,5,10-15H2,1-4H3,(H2,22,23,24);1H. The first-order chi connectivity index (χ1) is 14.4. The fourth-order valence-corrected chi connectivity index (χ4v) is 2.99. The summed E-state index contributed by atoms with van der Waals surface area (Å²) in [6.07, 6.45) is 1.30. The molecule has 0 aromatic heterocycles. The number of piperidine rings is 1. The highest BCUT2D eigenvalue weighted by atomic mass is 127. The number of carbonyl (C=O) groups is 2. The molecule has 2 amide bonds. The molecule has 0 saturated carbocycles. The normalized spacial score (nSPS) is 14.3. The van der Waals surface area contributed by atoms with Crippen LogP contribution in [0.15, 0.2) is 29.3 Å². The molecule has 10 heteroatoms. The number of hydrogen-bond acceptors (Lipinski definition) is 5. The maximum atomic E-state index is 12.0. The lowest BCUT2D eigenvalue weighted by molar-refractivity contribution is -0.127. The molecule has 1 aliphatic heterocycles. The summed E-state index contributed by atoms with van der Waals surface area (Å²) < 4.78 is 10.3. The van der Waals surface area contributed by atoms with Gasteiger partial charge in [-0.2, -0.15) is 0 Å². The van der Waals surface area contributed by atoms with Gasteiger partial charge in [-0.05, 0) is 37.5 Å². The van der Waals surface area contributed by atoms with Crippen LogP contribution in [0.25, 0.3) is 0 Å². The van der Waals surface area contributed by atoms with E-state index in [0.717, 1.165) is 24.2 Å². The lowest BCUT2D eigenvalue weighted by atomic mass is 10.1. The van der Waals surface area contributed by atoms with Crippen LogP contribution in [0.2, 0.25) is 0 Å². The van der Waals surface area contributed by atoms with E-state index in [1.54, 1.807) is 33.0 Å². The van der Waals surface area contributed by atoms with E-state index in [1.807, 2.05) is 24.3 Å². The Morgan fingerprint density at radius 3 is 2.39 bits per heavy atom. The minimum absolute atomic E-state index is 0. The number of methoxy groups -OCH3 is 1. The number of nitrogens with zero attached hydrogens (tertiary/aromatic N) is 3. The minimum atomic E-state index is -0.265. The third kappa shape index (κ3) is 9.19. The van der Waals surface area contributed by atoms with E-state index in [4.69, 9.17) is 9.47 Å². The molecule has 2 N–H and O–H groups in total. The Hall–Kier alpha value is -2.24. The number of likely N-dealkylation sites (tertiary alicyclic amines) is 1. The van der Waals surface area contributed by atoms with Crippen LogP contribution >= 0.6 is 24.0 Å². The lowest BCUT2D eigenvalue weighted by Gasteiger charge is -2.32. The van der Waals surface area contributed by atoms with Gasteiger partial charge in [0.2, 0.25) is 5.91 Å². The molecular formula is C21H34IN5O4. The molecular weight excluding hydrogens is 513 g/mol. The van der Waals surface area contributed by atoms with Crippen molar-refractivity contribution in [2.24, 2.45) is 4.99 Å². The first-order valence-corrected chi connectivity index (χ1v) is 10.2. The van der Waals surface area contributed by atoms with Gasteiger partial charge in [0, 0.05) is 33.2 Å². The van der Waals surface area contributed by atoms with Crippen LogP contribution in [0.5, 0.6) is 5.75 Å². The number of likely N-dealkylation sites (N-methyl/N-ethyl adjacent to an activating group) is 1. The van der Waals surface area contributed by atoms with Crippen molar-refractivity contribution in [3.05, 3.63) is 29.8 Å². The summed E-state index contributed by atoms with van der Waals surface area (Å²) in [5.41, 5.74) is 1.04. The SMILES string of the molecule is CCOC(=O)N1CCC(NC(=NCc2ccc(OC)cc2)NCC(=O)N(C)C)CC1.I. The van der Waals surface area contributed by atoms with Gasteiger partial charge in [0.15, 0.2) is 5.96 Å². The van der Waals surface area contributed by atoms with Crippen LogP contribution in [-0.4, -0.2) is 81.2 Å². The Morgan fingerprint density at radius 2 is 1.84 bits per heavy atom. The highest BCUT2D eigenvalue weighted by molar-refractivity contribution is 14.0. The third-order valence-electron chi connectivity index (χ3n) is 4.85. The molecule has 0 aliphatic carbocycles. The van der Waals surface area contributed by atoms with Crippen molar-refractivity contribution in [1.82, 2.24) is 20.4 Å². The molecule has 0 atom stereocenters. The average molecular weight is 547 g/mol. The van der Waals surface area contributed by atoms with Crippen LogP contribution < -0.4 is 15.4 Å². The molecule has 0 radical (unpaired) electrons. The molecule has 9 nitrogen and oxygen atoms in total. The zero-order valence-corrected chi connectivity index (χ0v) is 21.0. The fraction of sp³-hybridized carbons (Fsp3) is 0.571. The molecule has 174 valence electrons. The smallest absolute Gasteiger partial charge is 0.409 e. The molecule has 0 spiro atoms. The van der Waals surface area contributed by atoms with Crippen molar-refractivity contribution < 1.29 is 19.1 Å². The second-order valence-electron chi connectivity index (χ2n) is 7.26. The molecule has 1 fully saturated rings. The van der Waals surface area contributed by atoms with Gasteiger partial charge < -0.3 is 29.9 Å². The van der Waals surface area contributed by atoms with Gasteiger partial charge >= 0.3 is 6.09 Å². The fourth-order valence-electron chi connectivity index (χ4n) is 2.99. The van der Waals surface area contributed by atoms with Gasteiger partial charge in [0.05, 0.1) is 26.8 Å². The van der Waals surface area contributed by atoms with Gasteiger partial charge in [-0.15, -0.1) is 24.0 Å². The van der Waals surface area contributed by atoms with Crippen LogP contribution in [0.3, 0.4) is 0 Å². The molecule has 31 heavy (non-hydrogen) atoms. The van der Waals surface area contributed by atoms with Crippen molar-refractivity contribution in [2.75, 3.05) is 47.4 Å². The summed E-state index contributed by atoms with van der Waals surface area (Å²) in [5.74, 6) is 1.34. The maximum absolute atomic E-state index is 12.0. The van der Waals surface area contributed by atoms with Crippen molar-refractivity contribution >= 4 is 41.9 Å². The van der Waals surface area contributed by atoms with Crippen LogP contribution in [0.4, 0.5) is 4.79 Å². The van der Waals surface area contributed by atoms with Crippen LogP contribution in [0.1, 0.15) is 25.3 Å². The van der Waals surface area contributed by atoms with E-state index in [2.05, 4.69) is 15.6 Å². The number of carbonyl (C=O) groups excluding carboxylic acids is 2. The summed E-state index contributed by atoms with van der Waals surface area (Å²) in [4.78, 5) is 31.7. The van der Waals surface area contributed by atoms with Crippen molar-refractivity contribution in [1.29, 1.82) is 0 Å². The van der Waals surface area contributed by atoms with E-state index in [0.29, 0.717) is 32.2 Å². The zero-order valence-electron chi connectivity index (χ0n) is 18.7. The Bertz CT molecular complexity index is 719. The van der Waals surface area contributed by atoms with E-state index in [9.17, 15) is 9.59 Å². The molecule has 0 bridgehead atoms. The van der Waals surface area contributed by atoms with Gasteiger partial charge in [-0.25, -0.2) is 9.79 Å². The Morgan fingerprint density at radius 1 is 1.19 bits per heavy atom. The summed E-state index contributed by atoms with van der Waals surface area (Å²) in [6.45, 7) is 4.06. The third-order valence-corrected chi connectivity index (χ3v) is 4.85. The van der Waals surface area contributed by atoms with Gasteiger partial charge in [0.25, 0.3) is 0 Å². The topological polar surface area (TPSA) is 95.5 Å². The zero-order chi connectivity index (χ0) is 21.9. The number of aliphatic imine (C=N–C) groups is 1.